The molecule has 1 amide bonds. The number of carbonyl (C=O) groups is 1. The van der Waals surface area contributed by atoms with Gasteiger partial charge >= 0.3 is 0 Å². The number of hydrogen-bond acceptors (Lipinski definition) is 5. The summed E-state index contributed by atoms with van der Waals surface area (Å²) in [5.41, 5.74) is 1.76. The molecule has 0 saturated carbocycles. The molecule has 2 aromatic rings. The van der Waals surface area contributed by atoms with Gasteiger partial charge in [0.05, 0.1) is 24.3 Å². The van der Waals surface area contributed by atoms with E-state index < -0.39 is 0 Å². The largest absolute Gasteiger partial charge is 0.485 e. The second-order valence-corrected chi connectivity index (χ2v) is 6.79. The first-order valence-corrected chi connectivity index (χ1v) is 9.61. The fraction of sp³-hybridized carbons (Fsp3) is 0.368. The van der Waals surface area contributed by atoms with Gasteiger partial charge in [-0.1, -0.05) is 12.1 Å². The first kappa shape index (κ1) is 17.6. The van der Waals surface area contributed by atoms with E-state index in [1.54, 1.807) is 17.2 Å². The number of anilines is 1. The fourth-order valence-electron chi connectivity index (χ4n) is 3.08. The van der Waals surface area contributed by atoms with Crippen molar-refractivity contribution in [2.75, 3.05) is 37.8 Å². The lowest BCUT2D eigenvalue weighted by Crippen LogP contribution is -2.46. The first-order chi connectivity index (χ1) is 12.1. The molecular formula is C19H23N3O2S. The zero-order chi connectivity index (χ0) is 17.8. The molecule has 0 fully saturated rings. The van der Waals surface area contributed by atoms with E-state index in [1.807, 2.05) is 37.6 Å². The van der Waals surface area contributed by atoms with Gasteiger partial charge in [0, 0.05) is 19.8 Å². The molecular weight excluding hydrogens is 334 g/mol. The van der Waals surface area contributed by atoms with Crippen LogP contribution in [0, 0.1) is 0 Å². The number of aromatic nitrogens is 1. The highest BCUT2D eigenvalue weighted by atomic mass is 32.2. The van der Waals surface area contributed by atoms with Crippen LogP contribution in [0.5, 0.6) is 5.75 Å². The number of nitrogens with zero attached hydrogens (tertiary/aromatic N) is 3. The van der Waals surface area contributed by atoms with Gasteiger partial charge < -0.3 is 14.5 Å². The zero-order valence-corrected chi connectivity index (χ0v) is 15.6. The Morgan fingerprint density at radius 2 is 2.16 bits per heavy atom. The molecule has 0 saturated heterocycles. The number of amides is 1. The van der Waals surface area contributed by atoms with Crippen LogP contribution in [0.3, 0.4) is 0 Å². The lowest BCUT2D eigenvalue weighted by atomic mass is 10.1. The van der Waals surface area contributed by atoms with Crippen molar-refractivity contribution in [3.8, 4) is 5.75 Å². The third kappa shape index (κ3) is 3.74. The van der Waals surface area contributed by atoms with Crippen molar-refractivity contribution >= 4 is 23.4 Å². The molecule has 0 spiro atoms. The third-order valence-corrected chi connectivity index (χ3v) is 5.04. The molecule has 6 heteroatoms. The van der Waals surface area contributed by atoms with Gasteiger partial charge in [-0.3, -0.25) is 4.79 Å². The highest BCUT2D eigenvalue weighted by molar-refractivity contribution is 7.98. The summed E-state index contributed by atoms with van der Waals surface area (Å²) in [4.78, 5) is 21.1. The van der Waals surface area contributed by atoms with E-state index >= 15 is 0 Å². The molecule has 1 aromatic heterocycles. The third-order valence-electron chi connectivity index (χ3n) is 4.32. The van der Waals surface area contributed by atoms with Crippen LogP contribution in [0.25, 0.3) is 0 Å². The van der Waals surface area contributed by atoms with Crippen molar-refractivity contribution in [1.82, 2.24) is 9.88 Å². The number of para-hydroxylation sites is 2. The smallest absolute Gasteiger partial charge is 0.256 e. The van der Waals surface area contributed by atoms with E-state index in [-0.39, 0.29) is 12.0 Å². The number of pyridine rings is 1. The number of hydrogen-bond donors (Lipinski definition) is 0. The van der Waals surface area contributed by atoms with Gasteiger partial charge in [0.2, 0.25) is 0 Å². The SMILES string of the molecule is CCN1C[C@@H](CN(C)C(=O)c2cccnc2SC)Oc2ccccc21. The van der Waals surface area contributed by atoms with Gasteiger partial charge in [0.1, 0.15) is 16.9 Å². The summed E-state index contributed by atoms with van der Waals surface area (Å²) in [5.74, 6) is 0.857. The standard InChI is InChI=1S/C19H23N3O2S/c1-4-22-13-14(24-17-10-6-5-9-16(17)22)12-21(2)19(23)15-8-7-11-20-18(15)25-3/h5-11,14H,4,12-13H2,1-3H3/t14-/m1/s1. The second kappa shape index (κ2) is 7.78. The Labute approximate surface area is 153 Å². The molecule has 5 nitrogen and oxygen atoms in total. The summed E-state index contributed by atoms with van der Waals surface area (Å²) in [6.45, 7) is 4.35. The van der Waals surface area contributed by atoms with Crippen LogP contribution < -0.4 is 9.64 Å². The van der Waals surface area contributed by atoms with Crippen molar-refractivity contribution in [3.63, 3.8) is 0 Å². The zero-order valence-electron chi connectivity index (χ0n) is 14.8. The van der Waals surface area contributed by atoms with Gasteiger partial charge in [-0.15, -0.1) is 11.8 Å². The summed E-state index contributed by atoms with van der Waals surface area (Å²) in [5, 5.41) is 0.754. The van der Waals surface area contributed by atoms with Crippen molar-refractivity contribution < 1.29 is 9.53 Å². The Morgan fingerprint density at radius 1 is 1.36 bits per heavy atom. The number of thioether (sulfide) groups is 1. The average Bonchev–Trinajstić information content (AvgIpc) is 2.66. The van der Waals surface area contributed by atoms with Crippen molar-refractivity contribution in [2.45, 2.75) is 18.1 Å². The van der Waals surface area contributed by atoms with E-state index in [0.717, 1.165) is 29.6 Å². The average molecular weight is 357 g/mol. The highest BCUT2D eigenvalue weighted by Gasteiger charge is 2.27. The minimum absolute atomic E-state index is 0.0250. The molecule has 0 unspecified atom stereocenters. The summed E-state index contributed by atoms with van der Waals surface area (Å²) < 4.78 is 6.12. The van der Waals surface area contributed by atoms with Crippen LogP contribution in [-0.4, -0.2) is 54.8 Å². The number of fused-ring (bicyclic) bond motifs is 1. The minimum Gasteiger partial charge on any atom is -0.485 e. The Hall–Kier alpha value is -2.21. The first-order valence-electron chi connectivity index (χ1n) is 8.39. The summed E-state index contributed by atoms with van der Waals surface area (Å²) in [6, 6.07) is 11.7. The molecule has 1 aromatic carbocycles. The molecule has 1 aliphatic heterocycles. The number of likely N-dealkylation sites (N-methyl/N-ethyl adjacent to an activating group) is 2. The summed E-state index contributed by atoms with van der Waals surface area (Å²) in [6.07, 6.45) is 3.58. The Morgan fingerprint density at radius 3 is 2.92 bits per heavy atom. The van der Waals surface area contributed by atoms with Crippen LogP contribution in [-0.2, 0) is 0 Å². The van der Waals surface area contributed by atoms with Crippen LogP contribution in [0.4, 0.5) is 5.69 Å². The maximum atomic E-state index is 12.8. The predicted octanol–water partition coefficient (Wildman–Crippen LogP) is 3.16. The van der Waals surface area contributed by atoms with E-state index in [4.69, 9.17) is 4.74 Å². The maximum Gasteiger partial charge on any atom is 0.256 e. The highest BCUT2D eigenvalue weighted by Crippen LogP contribution is 2.33. The number of ether oxygens (including phenoxy) is 1. The van der Waals surface area contributed by atoms with E-state index in [9.17, 15) is 4.79 Å². The summed E-state index contributed by atoms with van der Waals surface area (Å²) in [7, 11) is 1.82. The fourth-order valence-corrected chi connectivity index (χ4v) is 3.63. The molecule has 0 radical (unpaired) electrons. The van der Waals surface area contributed by atoms with Crippen LogP contribution >= 0.6 is 11.8 Å². The van der Waals surface area contributed by atoms with Crippen molar-refractivity contribution in [1.29, 1.82) is 0 Å². The molecule has 1 aliphatic rings. The monoisotopic (exact) mass is 357 g/mol. The van der Waals surface area contributed by atoms with Crippen molar-refractivity contribution in [3.05, 3.63) is 48.2 Å². The topological polar surface area (TPSA) is 45.7 Å². The van der Waals surface area contributed by atoms with Crippen LogP contribution in [0.2, 0.25) is 0 Å². The normalized spacial score (nSPS) is 16.1. The summed E-state index contributed by atoms with van der Waals surface area (Å²) >= 11 is 1.48. The lowest BCUT2D eigenvalue weighted by Gasteiger charge is -2.37. The molecule has 0 bridgehead atoms. The van der Waals surface area contributed by atoms with E-state index in [2.05, 4.69) is 22.9 Å². The quantitative estimate of drug-likeness (QED) is 0.769. The molecule has 3 rings (SSSR count). The number of rotatable bonds is 5. The minimum atomic E-state index is -0.0572. The van der Waals surface area contributed by atoms with Crippen LogP contribution in [0.15, 0.2) is 47.6 Å². The Balaban J connectivity index is 1.73. The second-order valence-electron chi connectivity index (χ2n) is 5.99. The predicted molar refractivity (Wildman–Crippen MR) is 102 cm³/mol. The maximum absolute atomic E-state index is 12.8. The molecule has 1 atom stereocenters. The van der Waals surface area contributed by atoms with Gasteiger partial charge in [0.15, 0.2) is 0 Å². The number of carbonyl (C=O) groups excluding carboxylic acids is 1. The van der Waals surface area contributed by atoms with Gasteiger partial charge in [-0.2, -0.15) is 0 Å². The molecule has 132 valence electrons. The van der Waals surface area contributed by atoms with Gasteiger partial charge in [-0.25, -0.2) is 4.98 Å². The van der Waals surface area contributed by atoms with Crippen LogP contribution in [0.1, 0.15) is 17.3 Å². The Bertz CT molecular complexity index is 753. The number of benzene rings is 1. The van der Waals surface area contributed by atoms with E-state index in [1.165, 1.54) is 11.8 Å². The molecule has 2 heterocycles. The van der Waals surface area contributed by atoms with E-state index in [0.29, 0.717) is 12.1 Å². The molecule has 25 heavy (non-hydrogen) atoms. The molecule has 0 N–H and O–H groups in total. The molecule has 0 aliphatic carbocycles. The Kier molecular flexibility index (Phi) is 5.48. The van der Waals surface area contributed by atoms with Gasteiger partial charge in [0.25, 0.3) is 5.91 Å². The van der Waals surface area contributed by atoms with Crippen molar-refractivity contribution in [2.24, 2.45) is 0 Å². The lowest BCUT2D eigenvalue weighted by molar-refractivity contribution is 0.0705. The van der Waals surface area contributed by atoms with Gasteiger partial charge in [-0.05, 0) is 37.4 Å².